The van der Waals surface area contributed by atoms with Crippen LogP contribution in [-0.4, -0.2) is 41.7 Å². The number of ether oxygens (including phenoxy) is 1. The van der Waals surface area contributed by atoms with Crippen LogP contribution in [0, 0.1) is 0 Å². The van der Waals surface area contributed by atoms with Crippen LogP contribution in [0.25, 0.3) is 0 Å². The number of pyridine rings is 1. The Morgan fingerprint density at radius 1 is 1.08 bits per heavy atom. The molecular weight excluding hydrogens is 530 g/mol. The largest absolute Gasteiger partial charge is 0.481 e. The summed E-state index contributed by atoms with van der Waals surface area (Å²) in [6.45, 7) is 0.0218. The average Bonchev–Trinajstić information content (AvgIpc) is 2.90. The SMILES string of the molecule is CS[C@@H](CC(=O)O)Cn1c(=O)nc(Nc2ccc(Oc3ccccn3)cc2)n(Cc2ccc(Cl)cc2)c1=O. The Morgan fingerprint density at radius 2 is 1.82 bits per heavy atom. The molecule has 0 aliphatic rings. The van der Waals surface area contributed by atoms with Gasteiger partial charge >= 0.3 is 17.3 Å². The van der Waals surface area contributed by atoms with Crippen molar-refractivity contribution in [1.82, 2.24) is 19.1 Å². The summed E-state index contributed by atoms with van der Waals surface area (Å²) in [5.74, 6) is 0.0311. The lowest BCUT2D eigenvalue weighted by Gasteiger charge is -2.18. The summed E-state index contributed by atoms with van der Waals surface area (Å²) < 4.78 is 8.01. The highest BCUT2D eigenvalue weighted by Crippen LogP contribution is 2.23. The number of nitrogens with zero attached hydrogens (tertiary/aromatic N) is 4. The highest BCUT2D eigenvalue weighted by atomic mass is 35.5. The maximum atomic E-state index is 13.5. The number of benzene rings is 2. The first-order valence-corrected chi connectivity index (χ1v) is 13.2. The molecule has 0 spiro atoms. The van der Waals surface area contributed by atoms with Gasteiger partial charge in [-0.25, -0.2) is 19.1 Å². The standard InChI is InChI=1S/C26H24ClN5O5S/c1-38-21(14-23(33)34)16-32-25(35)30-24(31(26(32)36)15-17-5-7-18(27)8-6-17)29-19-9-11-20(12-10-19)37-22-4-2-3-13-28-22/h2-13,21H,14-16H2,1H3,(H,33,34)(H,29,30,35)/t21-/m0/s1. The van der Waals surface area contributed by atoms with Crippen LogP contribution < -0.4 is 21.4 Å². The number of anilines is 2. The first kappa shape index (κ1) is 27.0. The van der Waals surface area contributed by atoms with Gasteiger partial charge in [-0.3, -0.25) is 9.36 Å². The van der Waals surface area contributed by atoms with E-state index in [1.54, 1.807) is 73.1 Å². The Balaban J connectivity index is 1.66. The van der Waals surface area contributed by atoms with E-state index in [0.717, 1.165) is 10.1 Å². The molecule has 0 saturated heterocycles. The minimum atomic E-state index is -1.01. The molecule has 2 heterocycles. The van der Waals surface area contributed by atoms with Crippen molar-refractivity contribution in [2.75, 3.05) is 11.6 Å². The van der Waals surface area contributed by atoms with E-state index in [-0.39, 0.29) is 25.5 Å². The third-order valence-electron chi connectivity index (χ3n) is 5.50. The van der Waals surface area contributed by atoms with Crippen LogP contribution >= 0.6 is 23.4 Å². The summed E-state index contributed by atoms with van der Waals surface area (Å²) in [5, 5.41) is 12.3. The Bertz CT molecular complexity index is 1510. The van der Waals surface area contributed by atoms with Gasteiger partial charge in [0, 0.05) is 34.8 Å². The van der Waals surface area contributed by atoms with E-state index < -0.39 is 22.6 Å². The molecule has 0 bridgehead atoms. The van der Waals surface area contributed by atoms with Gasteiger partial charge in [-0.05, 0) is 54.3 Å². The predicted octanol–water partition coefficient (Wildman–Crippen LogP) is 4.24. The van der Waals surface area contributed by atoms with Crippen molar-refractivity contribution in [3.05, 3.63) is 104 Å². The number of carboxylic acids is 1. The second-order valence-corrected chi connectivity index (χ2v) is 9.77. The molecule has 2 N–H and O–H groups in total. The van der Waals surface area contributed by atoms with Crippen LogP contribution in [0.1, 0.15) is 12.0 Å². The summed E-state index contributed by atoms with van der Waals surface area (Å²) in [6, 6.07) is 19.2. The molecule has 2 aromatic carbocycles. The molecule has 4 rings (SSSR count). The fourth-order valence-electron chi connectivity index (χ4n) is 3.58. The molecule has 0 amide bonds. The molecule has 4 aromatic rings. The molecule has 0 radical (unpaired) electrons. The third-order valence-corrected chi connectivity index (χ3v) is 6.73. The van der Waals surface area contributed by atoms with Crippen molar-refractivity contribution in [3.8, 4) is 11.6 Å². The number of hydrogen-bond donors (Lipinski definition) is 2. The van der Waals surface area contributed by atoms with Crippen LogP contribution in [-0.2, 0) is 17.9 Å². The van der Waals surface area contributed by atoms with E-state index >= 15 is 0 Å². The molecular formula is C26H24ClN5O5S. The van der Waals surface area contributed by atoms with Crippen molar-refractivity contribution in [1.29, 1.82) is 0 Å². The molecule has 0 unspecified atom stereocenters. The molecule has 0 aliphatic carbocycles. The monoisotopic (exact) mass is 553 g/mol. The number of halogens is 1. The minimum absolute atomic E-state index is 0.0449. The molecule has 1 atom stereocenters. The van der Waals surface area contributed by atoms with Gasteiger partial charge in [0.05, 0.1) is 13.0 Å². The smallest absolute Gasteiger partial charge is 0.354 e. The predicted molar refractivity (Wildman–Crippen MR) is 147 cm³/mol. The maximum absolute atomic E-state index is 13.5. The van der Waals surface area contributed by atoms with Crippen LogP contribution in [0.4, 0.5) is 11.6 Å². The van der Waals surface area contributed by atoms with Crippen molar-refractivity contribution in [2.45, 2.75) is 24.8 Å². The lowest BCUT2D eigenvalue weighted by molar-refractivity contribution is -0.137. The highest BCUT2D eigenvalue weighted by molar-refractivity contribution is 7.99. The Labute approximate surface area is 226 Å². The normalized spacial score (nSPS) is 11.6. The van der Waals surface area contributed by atoms with Crippen molar-refractivity contribution in [3.63, 3.8) is 0 Å². The van der Waals surface area contributed by atoms with Gasteiger partial charge in [0.25, 0.3) is 0 Å². The summed E-state index contributed by atoms with van der Waals surface area (Å²) >= 11 is 7.27. The molecule has 2 aromatic heterocycles. The number of hydrogen-bond acceptors (Lipinski definition) is 8. The summed E-state index contributed by atoms with van der Waals surface area (Å²) in [4.78, 5) is 45.9. The topological polar surface area (TPSA) is 128 Å². The number of thioether (sulfide) groups is 1. The van der Waals surface area contributed by atoms with Gasteiger partial charge in [-0.15, -0.1) is 0 Å². The fourth-order valence-corrected chi connectivity index (χ4v) is 4.31. The maximum Gasteiger partial charge on any atom is 0.354 e. The minimum Gasteiger partial charge on any atom is -0.481 e. The summed E-state index contributed by atoms with van der Waals surface area (Å²) in [7, 11) is 0. The lowest BCUT2D eigenvalue weighted by atomic mass is 10.2. The van der Waals surface area contributed by atoms with Gasteiger partial charge in [0.15, 0.2) is 0 Å². The molecule has 38 heavy (non-hydrogen) atoms. The van der Waals surface area contributed by atoms with Gasteiger partial charge in [-0.1, -0.05) is 29.8 Å². The molecule has 0 fully saturated rings. The first-order valence-electron chi connectivity index (χ1n) is 11.5. The Hall–Kier alpha value is -4.09. The van der Waals surface area contributed by atoms with Crippen molar-refractivity contribution >= 4 is 41.0 Å². The van der Waals surface area contributed by atoms with E-state index in [9.17, 15) is 19.5 Å². The van der Waals surface area contributed by atoms with Crippen molar-refractivity contribution in [2.24, 2.45) is 0 Å². The van der Waals surface area contributed by atoms with Gasteiger partial charge in [0.1, 0.15) is 5.75 Å². The third kappa shape index (κ3) is 7.02. The second-order valence-electron chi connectivity index (χ2n) is 8.20. The zero-order valence-corrected chi connectivity index (χ0v) is 21.9. The van der Waals surface area contributed by atoms with Crippen molar-refractivity contribution < 1.29 is 14.6 Å². The molecule has 0 saturated carbocycles. The highest BCUT2D eigenvalue weighted by Gasteiger charge is 2.19. The number of aromatic nitrogens is 4. The van der Waals surface area contributed by atoms with E-state index in [1.165, 1.54) is 16.3 Å². The Kier molecular flexibility index (Phi) is 8.82. The van der Waals surface area contributed by atoms with Crippen LogP contribution in [0.15, 0.2) is 82.5 Å². The molecule has 10 nitrogen and oxygen atoms in total. The zero-order chi connectivity index (χ0) is 27.1. The van der Waals surface area contributed by atoms with E-state index in [1.807, 2.05) is 6.07 Å². The fraction of sp³-hybridized carbons (Fsp3) is 0.192. The number of nitrogens with one attached hydrogen (secondary N) is 1. The zero-order valence-electron chi connectivity index (χ0n) is 20.3. The van der Waals surface area contributed by atoms with Gasteiger partial charge in [0.2, 0.25) is 11.8 Å². The number of rotatable bonds is 11. The summed E-state index contributed by atoms with van der Waals surface area (Å²) in [6.07, 6.45) is 3.16. The average molecular weight is 554 g/mol. The second kappa shape index (κ2) is 12.4. The number of aliphatic carboxylic acids is 1. The first-order chi connectivity index (χ1) is 18.3. The molecule has 0 aliphatic heterocycles. The summed E-state index contributed by atoms with van der Waals surface area (Å²) in [5.41, 5.74) is -0.0517. The van der Waals surface area contributed by atoms with E-state index in [0.29, 0.717) is 22.3 Å². The van der Waals surface area contributed by atoms with Crippen LogP contribution in [0.3, 0.4) is 0 Å². The van der Waals surface area contributed by atoms with Gasteiger partial charge < -0.3 is 15.2 Å². The van der Waals surface area contributed by atoms with E-state index in [4.69, 9.17) is 16.3 Å². The van der Waals surface area contributed by atoms with Crippen LogP contribution in [0.2, 0.25) is 5.02 Å². The number of carboxylic acid groups (broad SMARTS) is 1. The molecule has 12 heteroatoms. The number of carbonyl (C=O) groups is 1. The van der Waals surface area contributed by atoms with Crippen LogP contribution in [0.5, 0.6) is 11.6 Å². The quantitative estimate of drug-likeness (QED) is 0.280. The molecule has 196 valence electrons. The van der Waals surface area contributed by atoms with Gasteiger partial charge in [-0.2, -0.15) is 16.7 Å². The van der Waals surface area contributed by atoms with E-state index in [2.05, 4.69) is 15.3 Å². The Morgan fingerprint density at radius 3 is 2.45 bits per heavy atom. The lowest BCUT2D eigenvalue weighted by Crippen LogP contribution is -2.44.